The Labute approximate surface area is 188 Å². The SMILES string of the molecule is CC(C)=CCCC(C)C1CCC2C3=C(CCC21C)C1(C)CCC(C)C(C)(C)C1CC3. The van der Waals surface area contributed by atoms with Gasteiger partial charge in [0, 0.05) is 0 Å². The normalized spacial score (nSPS) is 43.5. The lowest BCUT2D eigenvalue weighted by Gasteiger charge is -2.60. The van der Waals surface area contributed by atoms with E-state index in [4.69, 9.17) is 0 Å². The van der Waals surface area contributed by atoms with Crippen molar-refractivity contribution in [2.45, 2.75) is 120 Å². The fourth-order valence-electron chi connectivity index (χ4n) is 9.29. The first kappa shape index (κ1) is 22.7. The Morgan fingerprint density at radius 3 is 2.43 bits per heavy atom. The van der Waals surface area contributed by atoms with Crippen LogP contribution in [-0.2, 0) is 0 Å². The van der Waals surface area contributed by atoms with Crippen LogP contribution in [0.2, 0.25) is 0 Å². The highest BCUT2D eigenvalue weighted by Gasteiger charge is 2.58. The summed E-state index contributed by atoms with van der Waals surface area (Å²) in [5, 5.41) is 0. The first-order valence-corrected chi connectivity index (χ1v) is 13.4. The molecule has 30 heavy (non-hydrogen) atoms. The van der Waals surface area contributed by atoms with E-state index in [2.05, 4.69) is 61.5 Å². The molecule has 4 rings (SSSR count). The van der Waals surface area contributed by atoms with Gasteiger partial charge in [-0.1, -0.05) is 64.3 Å². The van der Waals surface area contributed by atoms with Crippen molar-refractivity contribution >= 4 is 0 Å². The first-order chi connectivity index (χ1) is 14.0. The molecule has 7 unspecified atom stereocenters. The zero-order chi connectivity index (χ0) is 21.9. The van der Waals surface area contributed by atoms with Crippen LogP contribution in [0, 0.1) is 45.8 Å². The van der Waals surface area contributed by atoms with Crippen molar-refractivity contribution in [1.82, 2.24) is 0 Å². The van der Waals surface area contributed by atoms with Crippen molar-refractivity contribution in [2.24, 2.45) is 45.8 Å². The molecule has 0 spiro atoms. The van der Waals surface area contributed by atoms with Crippen LogP contribution in [0.15, 0.2) is 22.8 Å². The molecule has 170 valence electrons. The lowest BCUT2D eigenvalue weighted by molar-refractivity contribution is -0.0397. The molecule has 0 amide bonds. The van der Waals surface area contributed by atoms with E-state index in [9.17, 15) is 0 Å². The maximum Gasteiger partial charge on any atom is -0.00800 e. The highest BCUT2D eigenvalue weighted by molar-refractivity contribution is 5.35. The molecule has 0 aromatic rings. The monoisotopic (exact) mass is 410 g/mol. The summed E-state index contributed by atoms with van der Waals surface area (Å²) in [6, 6.07) is 0. The van der Waals surface area contributed by atoms with Crippen LogP contribution in [0.1, 0.15) is 120 Å². The first-order valence-electron chi connectivity index (χ1n) is 13.4. The van der Waals surface area contributed by atoms with E-state index in [1.807, 2.05) is 11.1 Å². The molecule has 0 nitrogen and oxygen atoms in total. The number of allylic oxidation sites excluding steroid dienone is 4. The average Bonchev–Trinajstić information content (AvgIpc) is 3.02. The highest BCUT2D eigenvalue weighted by Crippen LogP contribution is 2.68. The molecule has 2 saturated carbocycles. The van der Waals surface area contributed by atoms with Gasteiger partial charge in [0.05, 0.1) is 0 Å². The van der Waals surface area contributed by atoms with Gasteiger partial charge in [0.25, 0.3) is 0 Å². The summed E-state index contributed by atoms with van der Waals surface area (Å²) in [7, 11) is 0. The highest BCUT2D eigenvalue weighted by atomic mass is 14.6. The Morgan fingerprint density at radius 2 is 1.73 bits per heavy atom. The van der Waals surface area contributed by atoms with Crippen LogP contribution in [0.5, 0.6) is 0 Å². The van der Waals surface area contributed by atoms with E-state index in [1.54, 1.807) is 0 Å². The van der Waals surface area contributed by atoms with E-state index >= 15 is 0 Å². The molecule has 0 aliphatic heterocycles. The van der Waals surface area contributed by atoms with Gasteiger partial charge >= 0.3 is 0 Å². The summed E-state index contributed by atoms with van der Waals surface area (Å²) in [4.78, 5) is 0. The topological polar surface area (TPSA) is 0 Å². The number of hydrogen-bond acceptors (Lipinski definition) is 0. The molecule has 0 heterocycles. The zero-order valence-corrected chi connectivity index (χ0v) is 21.5. The fourth-order valence-corrected chi connectivity index (χ4v) is 9.29. The minimum atomic E-state index is 0.498. The van der Waals surface area contributed by atoms with Gasteiger partial charge in [0.15, 0.2) is 0 Å². The smallest absolute Gasteiger partial charge is 0.00800 e. The van der Waals surface area contributed by atoms with Crippen LogP contribution >= 0.6 is 0 Å². The second-order valence-electron chi connectivity index (χ2n) is 13.4. The fraction of sp³-hybridized carbons (Fsp3) is 0.867. The molecular weight excluding hydrogens is 360 g/mol. The number of fused-ring (bicyclic) bond motifs is 4. The molecule has 0 bridgehead atoms. The summed E-state index contributed by atoms with van der Waals surface area (Å²) in [5.74, 6) is 4.49. The van der Waals surface area contributed by atoms with Gasteiger partial charge in [-0.15, -0.1) is 0 Å². The second-order valence-corrected chi connectivity index (χ2v) is 13.4. The minimum Gasteiger partial charge on any atom is -0.0859 e. The van der Waals surface area contributed by atoms with Crippen LogP contribution in [-0.4, -0.2) is 0 Å². The number of rotatable bonds is 4. The average molecular weight is 411 g/mol. The van der Waals surface area contributed by atoms with Crippen LogP contribution in [0.4, 0.5) is 0 Å². The van der Waals surface area contributed by atoms with Crippen molar-refractivity contribution in [1.29, 1.82) is 0 Å². The van der Waals surface area contributed by atoms with Crippen molar-refractivity contribution in [3.63, 3.8) is 0 Å². The van der Waals surface area contributed by atoms with Gasteiger partial charge in [-0.3, -0.25) is 0 Å². The van der Waals surface area contributed by atoms with E-state index in [0.29, 0.717) is 16.2 Å². The molecular formula is C30H50. The summed E-state index contributed by atoms with van der Waals surface area (Å²) in [5.41, 5.74) is 7.01. The maximum absolute atomic E-state index is 2.71. The van der Waals surface area contributed by atoms with Crippen LogP contribution in [0.25, 0.3) is 0 Å². The van der Waals surface area contributed by atoms with Gasteiger partial charge in [-0.25, -0.2) is 0 Å². The van der Waals surface area contributed by atoms with Crippen molar-refractivity contribution in [3.05, 3.63) is 22.8 Å². The van der Waals surface area contributed by atoms with Gasteiger partial charge in [-0.05, 0) is 124 Å². The van der Waals surface area contributed by atoms with Crippen LogP contribution in [0.3, 0.4) is 0 Å². The molecule has 0 aromatic carbocycles. The second kappa shape index (κ2) is 7.81. The number of hydrogen-bond donors (Lipinski definition) is 0. The molecule has 0 heteroatoms. The molecule has 7 atom stereocenters. The van der Waals surface area contributed by atoms with Gasteiger partial charge in [-0.2, -0.15) is 0 Å². The molecule has 2 fully saturated rings. The predicted molar refractivity (Wildman–Crippen MR) is 131 cm³/mol. The standard InChI is InChI=1S/C30H50/c1-20(2)10-9-11-21(3)24-13-14-25-23-12-15-27-28(5,6)22(4)16-18-30(27,8)26(23)17-19-29(24,25)7/h10,21-22,24-25,27H,9,11-19H2,1-8H3. The van der Waals surface area contributed by atoms with Crippen molar-refractivity contribution in [2.75, 3.05) is 0 Å². The molecule has 0 saturated heterocycles. The Balaban J connectivity index is 1.59. The van der Waals surface area contributed by atoms with Gasteiger partial charge in [0.2, 0.25) is 0 Å². The Kier molecular flexibility index (Phi) is 5.90. The Morgan fingerprint density at radius 1 is 1.00 bits per heavy atom. The van der Waals surface area contributed by atoms with Crippen molar-refractivity contribution in [3.8, 4) is 0 Å². The molecule has 0 N–H and O–H groups in total. The summed E-state index contributed by atoms with van der Waals surface area (Å²) in [6.45, 7) is 20.2. The summed E-state index contributed by atoms with van der Waals surface area (Å²) in [6.07, 6.45) is 16.7. The van der Waals surface area contributed by atoms with E-state index in [0.717, 1.165) is 29.6 Å². The zero-order valence-electron chi connectivity index (χ0n) is 21.5. The summed E-state index contributed by atoms with van der Waals surface area (Å²) < 4.78 is 0. The van der Waals surface area contributed by atoms with Gasteiger partial charge < -0.3 is 0 Å². The molecule has 4 aliphatic rings. The lowest BCUT2D eigenvalue weighted by atomic mass is 9.44. The maximum atomic E-state index is 2.71. The third kappa shape index (κ3) is 3.38. The molecule has 0 radical (unpaired) electrons. The lowest BCUT2D eigenvalue weighted by Crippen LogP contribution is -2.51. The van der Waals surface area contributed by atoms with Crippen LogP contribution < -0.4 is 0 Å². The minimum absolute atomic E-state index is 0.498. The van der Waals surface area contributed by atoms with E-state index in [-0.39, 0.29) is 0 Å². The van der Waals surface area contributed by atoms with Gasteiger partial charge in [0.1, 0.15) is 0 Å². The summed E-state index contributed by atoms with van der Waals surface area (Å²) >= 11 is 0. The van der Waals surface area contributed by atoms with E-state index < -0.39 is 0 Å². The largest absolute Gasteiger partial charge is 0.0859 e. The Hall–Kier alpha value is -0.520. The van der Waals surface area contributed by atoms with Crippen molar-refractivity contribution < 1.29 is 0 Å². The Bertz CT molecular complexity index is 716. The molecule has 4 aliphatic carbocycles. The third-order valence-corrected chi connectivity index (χ3v) is 11.4. The third-order valence-electron chi connectivity index (χ3n) is 11.4. The predicted octanol–water partition coefficient (Wildman–Crippen LogP) is 9.36. The quantitative estimate of drug-likeness (QED) is 0.405. The molecule has 0 aromatic heterocycles. The van der Waals surface area contributed by atoms with E-state index in [1.165, 1.54) is 69.8 Å².